The molecule has 196 valence electrons. The maximum Gasteiger partial charge on any atom is 0.149 e. The first-order chi connectivity index (χ1) is 18.2. The molecule has 0 atom stereocenters. The molecule has 4 aromatic carbocycles. The molecule has 4 rings (SSSR count). The van der Waals surface area contributed by atoms with Crippen molar-refractivity contribution < 1.29 is 9.22 Å². The lowest BCUT2D eigenvalue weighted by molar-refractivity contribution is -0.849. The fourth-order valence-corrected chi connectivity index (χ4v) is 4.58. The molecule has 0 fully saturated rings. The van der Waals surface area contributed by atoms with Crippen molar-refractivity contribution in [2.45, 2.75) is 26.7 Å². The van der Waals surface area contributed by atoms with Gasteiger partial charge in [-0.1, -0.05) is 109 Å². The van der Waals surface area contributed by atoms with Crippen LogP contribution in [0.2, 0.25) is 0 Å². The standard InChI is InChI=1S/C31H30BO.C4H12N/c1-26-21-22-31(27(2)25-26)33-24-14-6-13-23-32(28-15-7-3-8-16-28,29-17-9-4-10-18-29)30-19-11-5-12-20-30;1-5(2,3)4/h3-5,7-12,15-22,25H,6,14,24H2,1-2H3;1-4H3/q-1;+1. The summed E-state index contributed by atoms with van der Waals surface area (Å²) in [6.45, 7) is 4.87. The Hall–Kier alpha value is -3.74. The first kappa shape index (κ1) is 28.8. The monoisotopic (exact) mass is 503 g/mol. The molecule has 0 heterocycles. The number of quaternary nitrogens is 1. The van der Waals surface area contributed by atoms with Gasteiger partial charge in [-0.25, -0.2) is 0 Å². The summed E-state index contributed by atoms with van der Waals surface area (Å²) in [5, 5.41) is 0. The molecule has 0 saturated carbocycles. The topological polar surface area (TPSA) is 9.23 Å². The first-order valence-electron chi connectivity index (χ1n) is 13.5. The van der Waals surface area contributed by atoms with Crippen LogP contribution in [0.1, 0.15) is 24.0 Å². The van der Waals surface area contributed by atoms with E-state index in [1.165, 1.54) is 27.5 Å². The maximum absolute atomic E-state index is 6.02. The zero-order valence-electron chi connectivity index (χ0n) is 23.9. The second kappa shape index (κ2) is 13.7. The molecule has 0 aromatic heterocycles. The minimum Gasteiger partial charge on any atom is -0.493 e. The van der Waals surface area contributed by atoms with Gasteiger partial charge in [0.2, 0.25) is 0 Å². The van der Waals surface area contributed by atoms with Crippen molar-refractivity contribution in [2.75, 3.05) is 34.8 Å². The minimum absolute atomic E-state index is 0.667. The first-order valence-corrected chi connectivity index (χ1v) is 13.5. The van der Waals surface area contributed by atoms with Gasteiger partial charge in [-0.2, -0.15) is 16.4 Å². The molecule has 0 amide bonds. The Morgan fingerprint density at radius 3 is 1.53 bits per heavy atom. The molecule has 0 bridgehead atoms. The van der Waals surface area contributed by atoms with Crippen LogP contribution in [0.4, 0.5) is 0 Å². The Morgan fingerprint density at radius 1 is 0.658 bits per heavy atom. The summed E-state index contributed by atoms with van der Waals surface area (Å²) in [5.41, 5.74) is 6.17. The van der Waals surface area contributed by atoms with Crippen molar-refractivity contribution in [3.05, 3.63) is 120 Å². The van der Waals surface area contributed by atoms with Gasteiger partial charge < -0.3 is 9.22 Å². The third-order valence-electron chi connectivity index (χ3n) is 6.25. The smallest absolute Gasteiger partial charge is 0.149 e. The normalized spacial score (nSPS) is 11.0. The predicted molar refractivity (Wildman–Crippen MR) is 166 cm³/mol. The second-order valence-corrected chi connectivity index (χ2v) is 11.3. The van der Waals surface area contributed by atoms with Crippen LogP contribution in [0.25, 0.3) is 0 Å². The molecule has 0 spiro atoms. The van der Waals surface area contributed by atoms with Gasteiger partial charge in [-0.15, -0.1) is 5.92 Å². The van der Waals surface area contributed by atoms with Crippen LogP contribution in [0.5, 0.6) is 5.75 Å². The molecule has 0 aliphatic rings. The highest BCUT2D eigenvalue weighted by Gasteiger charge is 2.27. The number of ether oxygens (including phenoxy) is 1. The molecule has 3 heteroatoms. The maximum atomic E-state index is 6.02. The molecule has 0 aliphatic carbocycles. The molecule has 0 unspecified atom stereocenters. The van der Waals surface area contributed by atoms with Crippen molar-refractivity contribution in [1.29, 1.82) is 0 Å². The van der Waals surface area contributed by atoms with Gasteiger partial charge in [0.25, 0.3) is 0 Å². The van der Waals surface area contributed by atoms with E-state index in [9.17, 15) is 0 Å². The summed E-state index contributed by atoms with van der Waals surface area (Å²) in [5.74, 6) is 8.25. The van der Waals surface area contributed by atoms with Crippen LogP contribution < -0.4 is 21.1 Å². The molecule has 0 radical (unpaired) electrons. The zero-order chi connectivity index (χ0) is 27.4. The van der Waals surface area contributed by atoms with Crippen LogP contribution in [0.15, 0.2) is 109 Å². The van der Waals surface area contributed by atoms with Crippen LogP contribution in [0.3, 0.4) is 0 Å². The molecule has 4 aromatic rings. The number of hydrogen-bond donors (Lipinski definition) is 0. The highest BCUT2D eigenvalue weighted by molar-refractivity contribution is 7.16. The third-order valence-corrected chi connectivity index (χ3v) is 6.25. The molecule has 0 N–H and O–H groups in total. The van der Waals surface area contributed by atoms with Crippen LogP contribution in [-0.2, 0) is 0 Å². The van der Waals surface area contributed by atoms with E-state index in [0.717, 1.165) is 23.1 Å². The van der Waals surface area contributed by atoms with E-state index in [1.807, 2.05) is 0 Å². The summed E-state index contributed by atoms with van der Waals surface area (Å²) in [7, 11) is 8.50. The zero-order valence-corrected chi connectivity index (χ0v) is 23.9. The van der Waals surface area contributed by atoms with Crippen molar-refractivity contribution >= 4 is 22.5 Å². The highest BCUT2D eigenvalue weighted by Crippen LogP contribution is 2.19. The van der Waals surface area contributed by atoms with Crippen LogP contribution in [-0.4, -0.2) is 45.4 Å². The van der Waals surface area contributed by atoms with Gasteiger partial charge in [0.1, 0.15) is 11.9 Å². The number of benzene rings is 4. The Kier molecular flexibility index (Phi) is 10.4. The molecule has 38 heavy (non-hydrogen) atoms. The van der Waals surface area contributed by atoms with E-state index in [2.05, 4.69) is 163 Å². The Labute approximate surface area is 230 Å². The van der Waals surface area contributed by atoms with Crippen molar-refractivity contribution in [3.63, 3.8) is 0 Å². The Balaban J connectivity index is 0.000000732. The number of aryl methyl sites for hydroxylation is 2. The van der Waals surface area contributed by atoms with E-state index in [1.54, 1.807) is 0 Å². The van der Waals surface area contributed by atoms with Gasteiger partial charge in [-0.05, 0) is 31.9 Å². The summed E-state index contributed by atoms with van der Waals surface area (Å²) < 4.78 is 7.02. The van der Waals surface area contributed by atoms with E-state index in [-0.39, 0.29) is 0 Å². The van der Waals surface area contributed by atoms with Gasteiger partial charge in [0, 0.05) is 6.42 Å². The van der Waals surface area contributed by atoms with Gasteiger partial charge in [0.05, 0.1) is 34.8 Å². The fraction of sp³-hybridized carbons (Fsp3) is 0.257. The number of unbranched alkanes of at least 4 members (excludes halogenated alkanes) is 1. The highest BCUT2D eigenvalue weighted by atomic mass is 16.5. The molecule has 0 saturated heterocycles. The van der Waals surface area contributed by atoms with Gasteiger partial charge in [-0.3, -0.25) is 5.82 Å². The van der Waals surface area contributed by atoms with Gasteiger partial charge >= 0.3 is 0 Å². The lowest BCUT2D eigenvalue weighted by Gasteiger charge is -2.38. The lowest BCUT2D eigenvalue weighted by Crippen LogP contribution is -2.66. The Bertz CT molecular complexity index is 1210. The number of hydrogen-bond acceptors (Lipinski definition) is 1. The van der Waals surface area contributed by atoms with Gasteiger partial charge in [0.15, 0.2) is 0 Å². The number of rotatable bonds is 7. The third kappa shape index (κ3) is 8.40. The lowest BCUT2D eigenvalue weighted by atomic mass is 9.16. The number of nitrogens with zero attached hydrogens (tertiary/aromatic N) is 1. The molecular formula is C35H42BNO. The van der Waals surface area contributed by atoms with Crippen LogP contribution in [0, 0.1) is 25.6 Å². The summed E-state index contributed by atoms with van der Waals surface area (Å²) in [6.07, 6.45) is 0.293. The summed E-state index contributed by atoms with van der Waals surface area (Å²) in [4.78, 5) is 0. The predicted octanol–water partition coefficient (Wildman–Crippen LogP) is 5.50. The summed E-state index contributed by atoms with van der Waals surface area (Å²) in [6, 6.07) is 38.4. The fourth-order valence-electron chi connectivity index (χ4n) is 4.58. The van der Waals surface area contributed by atoms with E-state index >= 15 is 0 Å². The molecule has 2 nitrogen and oxygen atoms in total. The average Bonchev–Trinajstić information content (AvgIpc) is 2.90. The van der Waals surface area contributed by atoms with E-state index in [4.69, 9.17) is 4.74 Å². The Morgan fingerprint density at radius 2 is 1.11 bits per heavy atom. The summed E-state index contributed by atoms with van der Waals surface area (Å²) >= 11 is 0. The van der Waals surface area contributed by atoms with Crippen molar-refractivity contribution in [1.82, 2.24) is 0 Å². The molecular weight excluding hydrogens is 461 g/mol. The van der Waals surface area contributed by atoms with E-state index < -0.39 is 6.15 Å². The second-order valence-electron chi connectivity index (χ2n) is 11.3. The minimum atomic E-state index is -1.39. The van der Waals surface area contributed by atoms with Crippen LogP contribution >= 0.6 is 0 Å². The largest absolute Gasteiger partial charge is 0.493 e. The average molecular weight is 504 g/mol. The van der Waals surface area contributed by atoms with E-state index in [0.29, 0.717) is 6.61 Å². The van der Waals surface area contributed by atoms with Crippen molar-refractivity contribution in [3.8, 4) is 17.5 Å². The molecule has 0 aliphatic heterocycles. The SMILES string of the molecule is C[N+](C)(C)C.Cc1ccc(OCCCC#C[B-](c2ccccc2)(c2ccccc2)c2ccccc2)c(C)c1. The van der Waals surface area contributed by atoms with Crippen molar-refractivity contribution in [2.24, 2.45) is 0 Å². The quantitative estimate of drug-likeness (QED) is 0.140.